The Balaban J connectivity index is 2.54. The fourth-order valence-electron chi connectivity index (χ4n) is 1.66. The molecule has 0 spiro atoms. The molecule has 0 aromatic heterocycles. The van der Waals surface area contributed by atoms with Crippen molar-refractivity contribution in [1.29, 1.82) is 0 Å². The molecule has 0 heterocycles. The van der Waals surface area contributed by atoms with E-state index in [0.717, 1.165) is 5.56 Å². The predicted molar refractivity (Wildman–Crippen MR) is 80.5 cm³/mol. The Morgan fingerprint density at radius 3 is 2.55 bits per heavy atom. The third-order valence-corrected chi connectivity index (χ3v) is 3.07. The van der Waals surface area contributed by atoms with Gasteiger partial charge in [0.1, 0.15) is 6.04 Å². The van der Waals surface area contributed by atoms with Crippen molar-refractivity contribution in [3.8, 4) is 0 Å². The summed E-state index contributed by atoms with van der Waals surface area (Å²) in [5.41, 5.74) is 6.80. The SMILES string of the molecule is CCOC(=O)[C@H](CS)NC(=O)[C@@H](N)Cc1ccccc1. The zero-order valence-electron chi connectivity index (χ0n) is 11.4. The number of rotatable bonds is 7. The first-order chi connectivity index (χ1) is 9.58. The van der Waals surface area contributed by atoms with Gasteiger partial charge < -0.3 is 15.8 Å². The van der Waals surface area contributed by atoms with E-state index in [1.165, 1.54) is 0 Å². The van der Waals surface area contributed by atoms with Crippen LogP contribution in [0, 0.1) is 0 Å². The minimum atomic E-state index is -0.771. The molecule has 5 nitrogen and oxygen atoms in total. The maximum atomic E-state index is 11.9. The summed E-state index contributed by atoms with van der Waals surface area (Å²) in [6, 6.07) is 7.97. The first kappa shape index (κ1) is 16.5. The summed E-state index contributed by atoms with van der Waals surface area (Å²) in [6.07, 6.45) is 0.411. The molecule has 110 valence electrons. The van der Waals surface area contributed by atoms with Gasteiger partial charge >= 0.3 is 5.97 Å². The standard InChI is InChI=1S/C14H20N2O3S/c1-2-19-14(18)12(9-20)16-13(17)11(15)8-10-6-4-3-5-7-10/h3-7,11-12,20H,2,8-9,15H2,1H3,(H,16,17)/t11-,12-/m0/s1. The van der Waals surface area contributed by atoms with Gasteiger partial charge in [0.15, 0.2) is 0 Å². The Hall–Kier alpha value is -1.53. The number of benzene rings is 1. The quantitative estimate of drug-likeness (QED) is 0.506. The highest BCUT2D eigenvalue weighted by Gasteiger charge is 2.23. The van der Waals surface area contributed by atoms with Gasteiger partial charge in [-0.3, -0.25) is 4.79 Å². The maximum absolute atomic E-state index is 11.9. The lowest BCUT2D eigenvalue weighted by Gasteiger charge is -2.18. The van der Waals surface area contributed by atoms with E-state index >= 15 is 0 Å². The van der Waals surface area contributed by atoms with Crippen LogP contribution in [0.3, 0.4) is 0 Å². The van der Waals surface area contributed by atoms with Gasteiger partial charge in [0.2, 0.25) is 5.91 Å². The lowest BCUT2D eigenvalue weighted by Crippen LogP contribution is -2.50. The summed E-state index contributed by atoms with van der Waals surface area (Å²) >= 11 is 4.03. The summed E-state index contributed by atoms with van der Waals surface area (Å²) in [6.45, 7) is 1.96. The predicted octanol–water partition coefficient (Wildman–Crippen LogP) is 0.534. The van der Waals surface area contributed by atoms with Crippen molar-refractivity contribution in [3.63, 3.8) is 0 Å². The molecular weight excluding hydrogens is 276 g/mol. The summed E-state index contributed by atoms with van der Waals surface area (Å²) < 4.78 is 4.85. The smallest absolute Gasteiger partial charge is 0.329 e. The van der Waals surface area contributed by atoms with E-state index in [-0.39, 0.29) is 18.3 Å². The van der Waals surface area contributed by atoms with Crippen LogP contribution in [0.5, 0.6) is 0 Å². The second-order valence-corrected chi connectivity index (χ2v) is 4.66. The second-order valence-electron chi connectivity index (χ2n) is 4.29. The highest BCUT2D eigenvalue weighted by Crippen LogP contribution is 2.02. The third-order valence-electron chi connectivity index (χ3n) is 2.71. The molecule has 0 aliphatic rings. The number of amides is 1. The van der Waals surface area contributed by atoms with Gasteiger partial charge in [-0.05, 0) is 18.9 Å². The lowest BCUT2D eigenvalue weighted by atomic mass is 10.1. The van der Waals surface area contributed by atoms with E-state index in [4.69, 9.17) is 10.5 Å². The van der Waals surface area contributed by atoms with E-state index in [1.54, 1.807) is 6.92 Å². The number of hydrogen-bond acceptors (Lipinski definition) is 5. The van der Waals surface area contributed by atoms with Crippen molar-refractivity contribution in [3.05, 3.63) is 35.9 Å². The molecule has 1 amide bonds. The lowest BCUT2D eigenvalue weighted by molar-refractivity contribution is -0.146. The first-order valence-corrected chi connectivity index (χ1v) is 7.09. The molecule has 0 fully saturated rings. The third kappa shape index (κ3) is 5.22. The molecule has 6 heteroatoms. The van der Waals surface area contributed by atoms with Crippen LogP contribution < -0.4 is 11.1 Å². The van der Waals surface area contributed by atoms with Crippen molar-refractivity contribution in [2.75, 3.05) is 12.4 Å². The summed E-state index contributed by atoms with van der Waals surface area (Å²) in [4.78, 5) is 23.5. The van der Waals surface area contributed by atoms with Gasteiger partial charge in [-0.1, -0.05) is 30.3 Å². The highest BCUT2D eigenvalue weighted by molar-refractivity contribution is 7.80. The molecule has 0 saturated carbocycles. The van der Waals surface area contributed by atoms with Gasteiger partial charge in [0.05, 0.1) is 12.6 Å². The van der Waals surface area contributed by atoms with Crippen molar-refractivity contribution in [2.24, 2.45) is 5.73 Å². The largest absolute Gasteiger partial charge is 0.464 e. The summed E-state index contributed by atoms with van der Waals surface area (Å²) in [5, 5.41) is 2.56. The maximum Gasteiger partial charge on any atom is 0.329 e. The number of esters is 1. The average Bonchev–Trinajstić information content (AvgIpc) is 2.45. The Bertz CT molecular complexity index is 439. The monoisotopic (exact) mass is 296 g/mol. The molecule has 0 bridgehead atoms. The number of carbonyl (C=O) groups excluding carboxylic acids is 2. The minimum absolute atomic E-state index is 0.169. The molecule has 20 heavy (non-hydrogen) atoms. The van der Waals surface area contributed by atoms with Crippen LogP contribution in [-0.2, 0) is 20.7 Å². The van der Waals surface area contributed by atoms with E-state index in [1.807, 2.05) is 30.3 Å². The van der Waals surface area contributed by atoms with Crippen LogP contribution in [0.2, 0.25) is 0 Å². The highest BCUT2D eigenvalue weighted by atomic mass is 32.1. The zero-order chi connectivity index (χ0) is 15.0. The van der Waals surface area contributed by atoms with Gasteiger partial charge in [-0.15, -0.1) is 0 Å². The minimum Gasteiger partial charge on any atom is -0.464 e. The van der Waals surface area contributed by atoms with Crippen LogP contribution >= 0.6 is 12.6 Å². The molecule has 1 aromatic carbocycles. The number of thiol groups is 1. The van der Waals surface area contributed by atoms with Gasteiger partial charge in [0, 0.05) is 5.75 Å². The van der Waals surface area contributed by atoms with Gasteiger partial charge in [-0.25, -0.2) is 4.79 Å². The van der Waals surface area contributed by atoms with Crippen LogP contribution in [0.25, 0.3) is 0 Å². The summed E-state index contributed by atoms with van der Waals surface area (Å²) in [5.74, 6) is -0.716. The second kappa shape index (κ2) is 8.60. The Kier molecular flexibility index (Phi) is 7.11. The van der Waals surface area contributed by atoms with E-state index in [0.29, 0.717) is 6.42 Å². The van der Waals surface area contributed by atoms with Crippen molar-refractivity contribution in [2.45, 2.75) is 25.4 Å². The fraction of sp³-hybridized carbons (Fsp3) is 0.429. The van der Waals surface area contributed by atoms with E-state index in [2.05, 4.69) is 17.9 Å². The van der Waals surface area contributed by atoms with Crippen molar-refractivity contribution in [1.82, 2.24) is 5.32 Å². The molecular formula is C14H20N2O3S. The molecule has 0 saturated heterocycles. The Morgan fingerprint density at radius 2 is 2.00 bits per heavy atom. The van der Waals surface area contributed by atoms with Crippen molar-refractivity contribution < 1.29 is 14.3 Å². The normalized spacial score (nSPS) is 13.3. The van der Waals surface area contributed by atoms with Crippen molar-refractivity contribution >= 4 is 24.5 Å². The summed E-state index contributed by atoms with van der Waals surface area (Å²) in [7, 11) is 0. The molecule has 0 radical (unpaired) electrons. The molecule has 0 unspecified atom stereocenters. The topological polar surface area (TPSA) is 81.4 Å². The molecule has 1 aromatic rings. The van der Waals surface area contributed by atoms with E-state index in [9.17, 15) is 9.59 Å². The van der Waals surface area contributed by atoms with Gasteiger partial charge in [0.25, 0.3) is 0 Å². The number of nitrogens with two attached hydrogens (primary N) is 1. The fourth-order valence-corrected chi connectivity index (χ4v) is 1.90. The number of ether oxygens (including phenoxy) is 1. The molecule has 3 N–H and O–H groups in total. The molecule has 2 atom stereocenters. The Labute approximate surface area is 124 Å². The molecule has 1 rings (SSSR count). The van der Waals surface area contributed by atoms with Crippen LogP contribution in [0.1, 0.15) is 12.5 Å². The number of nitrogens with one attached hydrogen (secondary N) is 1. The Morgan fingerprint density at radius 1 is 1.35 bits per heavy atom. The zero-order valence-corrected chi connectivity index (χ0v) is 12.3. The molecule has 0 aliphatic carbocycles. The van der Waals surface area contributed by atoms with Crippen LogP contribution in [0.4, 0.5) is 0 Å². The molecule has 0 aliphatic heterocycles. The van der Waals surface area contributed by atoms with Crippen LogP contribution in [0.15, 0.2) is 30.3 Å². The van der Waals surface area contributed by atoms with E-state index < -0.39 is 18.1 Å². The first-order valence-electron chi connectivity index (χ1n) is 6.45. The van der Waals surface area contributed by atoms with Crippen LogP contribution in [-0.4, -0.2) is 36.3 Å². The number of carbonyl (C=O) groups is 2. The average molecular weight is 296 g/mol. The number of hydrogen-bond donors (Lipinski definition) is 3. The van der Waals surface area contributed by atoms with Gasteiger partial charge in [-0.2, -0.15) is 12.6 Å².